The minimum Gasteiger partial charge on any atom is -0.453 e. The summed E-state index contributed by atoms with van der Waals surface area (Å²) in [6.45, 7) is 0.207. The number of nitro groups is 1. The van der Waals surface area contributed by atoms with E-state index in [0.29, 0.717) is 5.02 Å². The molecule has 1 heterocycles. The van der Waals surface area contributed by atoms with E-state index in [2.05, 4.69) is 10.5 Å². The summed E-state index contributed by atoms with van der Waals surface area (Å²) < 4.78 is 5.06. The topological polar surface area (TPSA) is 76.8 Å². The van der Waals surface area contributed by atoms with Gasteiger partial charge in [-0.05, 0) is 12.1 Å². The molecule has 0 atom stereocenters. The fourth-order valence-electron chi connectivity index (χ4n) is 1.21. The zero-order chi connectivity index (χ0) is 10.8. The van der Waals surface area contributed by atoms with Gasteiger partial charge in [0.05, 0.1) is 4.92 Å². The van der Waals surface area contributed by atoms with Gasteiger partial charge in [0.25, 0.3) is 5.69 Å². The summed E-state index contributed by atoms with van der Waals surface area (Å²) in [5.74, 6) is 0.184. The molecule has 2 rings (SSSR count). The lowest BCUT2D eigenvalue weighted by molar-refractivity contribution is -0.385. The molecule has 7 heteroatoms. The Bertz CT molecular complexity index is 447. The normalized spacial score (nSPS) is 14.1. The number of rotatable bonds is 2. The number of nitro benzene ring substituents is 1. The Morgan fingerprint density at radius 1 is 1.60 bits per heavy atom. The Labute approximate surface area is 89.6 Å². The average Bonchev–Trinajstić information content (AvgIpc) is 2.69. The molecule has 0 fully saturated rings. The molecule has 0 bridgehead atoms. The van der Waals surface area contributed by atoms with Crippen LogP contribution in [0.25, 0.3) is 0 Å². The van der Waals surface area contributed by atoms with Crippen molar-refractivity contribution in [1.29, 1.82) is 0 Å². The molecule has 1 aliphatic rings. The number of halogens is 1. The second-order valence-electron chi connectivity index (χ2n) is 2.78. The second-order valence-corrected chi connectivity index (χ2v) is 3.22. The van der Waals surface area contributed by atoms with E-state index in [-0.39, 0.29) is 23.9 Å². The highest BCUT2D eigenvalue weighted by molar-refractivity contribution is 6.31. The third-order valence-corrected chi connectivity index (χ3v) is 2.07. The monoisotopic (exact) mass is 227 g/mol. The van der Waals surface area contributed by atoms with Crippen molar-refractivity contribution in [2.75, 3.05) is 6.73 Å². The number of hydrazone groups is 1. The van der Waals surface area contributed by atoms with Crippen LogP contribution >= 0.6 is 11.6 Å². The summed E-state index contributed by atoms with van der Waals surface area (Å²) in [6, 6.07) is 4.22. The predicted molar refractivity (Wildman–Crippen MR) is 53.7 cm³/mol. The Hall–Kier alpha value is -1.82. The summed E-state index contributed by atoms with van der Waals surface area (Å²) in [6.07, 6.45) is 0. The van der Waals surface area contributed by atoms with Crippen LogP contribution in [0.5, 0.6) is 0 Å². The third kappa shape index (κ3) is 1.84. The van der Waals surface area contributed by atoms with Crippen LogP contribution in [0.15, 0.2) is 23.3 Å². The third-order valence-electron chi connectivity index (χ3n) is 1.84. The van der Waals surface area contributed by atoms with Crippen LogP contribution in [-0.4, -0.2) is 17.6 Å². The van der Waals surface area contributed by atoms with Gasteiger partial charge in [0.1, 0.15) is 5.56 Å². The molecule has 0 saturated carbocycles. The maximum atomic E-state index is 10.7. The average molecular weight is 228 g/mol. The van der Waals surface area contributed by atoms with Crippen LogP contribution in [0.3, 0.4) is 0 Å². The molecule has 1 aromatic carbocycles. The highest BCUT2D eigenvalue weighted by Crippen LogP contribution is 2.24. The molecule has 0 saturated heterocycles. The molecule has 0 aromatic heterocycles. The Morgan fingerprint density at radius 2 is 2.40 bits per heavy atom. The van der Waals surface area contributed by atoms with Gasteiger partial charge >= 0.3 is 0 Å². The summed E-state index contributed by atoms with van der Waals surface area (Å²) in [4.78, 5) is 10.2. The molecule has 6 nitrogen and oxygen atoms in total. The largest absolute Gasteiger partial charge is 0.453 e. The SMILES string of the molecule is O=[N+]([O-])c1ccc(Cl)cc1C1=NNCO1. The molecule has 1 aromatic rings. The standard InChI is InChI=1S/C8H6ClN3O3/c9-5-1-2-7(12(13)14)6(3-5)8-11-10-4-15-8/h1-3,10H,4H2. The fourth-order valence-corrected chi connectivity index (χ4v) is 1.39. The van der Waals surface area contributed by atoms with Gasteiger partial charge in [-0.15, -0.1) is 5.10 Å². The van der Waals surface area contributed by atoms with Crippen LogP contribution in [0.4, 0.5) is 5.69 Å². The van der Waals surface area contributed by atoms with E-state index < -0.39 is 4.92 Å². The molecular weight excluding hydrogens is 222 g/mol. The van der Waals surface area contributed by atoms with Crippen molar-refractivity contribution in [2.45, 2.75) is 0 Å². The van der Waals surface area contributed by atoms with Crippen molar-refractivity contribution in [3.63, 3.8) is 0 Å². The number of nitrogens with one attached hydrogen (secondary N) is 1. The van der Waals surface area contributed by atoms with Gasteiger partial charge in [0.2, 0.25) is 5.90 Å². The highest BCUT2D eigenvalue weighted by Gasteiger charge is 2.22. The van der Waals surface area contributed by atoms with Crippen molar-refractivity contribution >= 4 is 23.2 Å². The molecule has 1 N–H and O–H groups in total. The molecule has 0 spiro atoms. The van der Waals surface area contributed by atoms with Crippen molar-refractivity contribution in [3.8, 4) is 0 Å². The van der Waals surface area contributed by atoms with E-state index in [1.54, 1.807) is 0 Å². The van der Waals surface area contributed by atoms with Crippen LogP contribution in [0, 0.1) is 10.1 Å². The first kappa shape index (κ1) is 9.72. The van der Waals surface area contributed by atoms with E-state index in [4.69, 9.17) is 16.3 Å². The minimum absolute atomic E-state index is 0.0816. The van der Waals surface area contributed by atoms with Crippen LogP contribution in [0.2, 0.25) is 5.02 Å². The van der Waals surface area contributed by atoms with Crippen molar-refractivity contribution < 1.29 is 9.66 Å². The van der Waals surface area contributed by atoms with Gasteiger partial charge in [0.15, 0.2) is 6.73 Å². The van der Waals surface area contributed by atoms with Crippen LogP contribution in [-0.2, 0) is 4.74 Å². The van der Waals surface area contributed by atoms with E-state index in [1.807, 2.05) is 0 Å². The molecule has 0 radical (unpaired) electrons. The summed E-state index contributed by atoms with van der Waals surface area (Å²) in [7, 11) is 0. The van der Waals surface area contributed by atoms with Gasteiger partial charge < -0.3 is 4.74 Å². The van der Waals surface area contributed by atoms with Gasteiger partial charge in [-0.1, -0.05) is 11.6 Å². The maximum absolute atomic E-state index is 10.7. The molecule has 0 amide bonds. The van der Waals surface area contributed by atoms with E-state index in [9.17, 15) is 10.1 Å². The molecule has 78 valence electrons. The molecular formula is C8H6ClN3O3. The van der Waals surface area contributed by atoms with Crippen LogP contribution < -0.4 is 5.43 Å². The lowest BCUT2D eigenvalue weighted by Crippen LogP contribution is -2.05. The number of ether oxygens (including phenoxy) is 1. The van der Waals surface area contributed by atoms with Gasteiger partial charge in [-0.3, -0.25) is 15.5 Å². The molecule has 15 heavy (non-hydrogen) atoms. The Morgan fingerprint density at radius 3 is 3.00 bits per heavy atom. The first-order chi connectivity index (χ1) is 7.18. The van der Waals surface area contributed by atoms with Gasteiger partial charge in [-0.25, -0.2) is 0 Å². The number of nitrogens with zero attached hydrogens (tertiary/aromatic N) is 2. The van der Waals surface area contributed by atoms with Crippen molar-refractivity contribution in [1.82, 2.24) is 5.43 Å². The van der Waals surface area contributed by atoms with E-state index in [0.717, 1.165) is 0 Å². The van der Waals surface area contributed by atoms with E-state index >= 15 is 0 Å². The highest BCUT2D eigenvalue weighted by atomic mass is 35.5. The van der Waals surface area contributed by atoms with Crippen molar-refractivity contribution in [3.05, 3.63) is 38.9 Å². The Kier molecular flexibility index (Phi) is 2.42. The molecule has 1 aliphatic heterocycles. The lowest BCUT2D eigenvalue weighted by Gasteiger charge is -2.01. The summed E-state index contributed by atoms with van der Waals surface area (Å²) in [5, 5.41) is 14.9. The number of benzene rings is 1. The van der Waals surface area contributed by atoms with Gasteiger partial charge in [0, 0.05) is 11.1 Å². The molecule has 0 aliphatic carbocycles. The van der Waals surface area contributed by atoms with E-state index in [1.165, 1.54) is 18.2 Å². The first-order valence-electron chi connectivity index (χ1n) is 4.06. The smallest absolute Gasteiger partial charge is 0.282 e. The molecule has 0 unspecified atom stereocenters. The maximum Gasteiger partial charge on any atom is 0.282 e. The zero-order valence-corrected chi connectivity index (χ0v) is 8.19. The first-order valence-corrected chi connectivity index (χ1v) is 4.44. The second kappa shape index (κ2) is 3.74. The summed E-state index contributed by atoms with van der Waals surface area (Å²) >= 11 is 5.75. The van der Waals surface area contributed by atoms with Crippen LogP contribution in [0.1, 0.15) is 5.56 Å². The van der Waals surface area contributed by atoms with Gasteiger partial charge in [-0.2, -0.15) is 0 Å². The minimum atomic E-state index is -0.504. The lowest BCUT2D eigenvalue weighted by atomic mass is 10.2. The van der Waals surface area contributed by atoms with Crippen molar-refractivity contribution in [2.24, 2.45) is 5.10 Å². The quantitative estimate of drug-likeness (QED) is 0.613. The fraction of sp³-hybridized carbons (Fsp3) is 0.125. The zero-order valence-electron chi connectivity index (χ0n) is 7.44. The Balaban J connectivity index is 2.51. The number of hydrogen-bond donors (Lipinski definition) is 1. The summed E-state index contributed by atoms with van der Waals surface area (Å²) in [5.41, 5.74) is 2.75. The number of hydrogen-bond acceptors (Lipinski definition) is 5. The predicted octanol–water partition coefficient (Wildman–Crippen LogP) is 1.49.